The zero-order valence-corrected chi connectivity index (χ0v) is 13.6. The van der Waals surface area contributed by atoms with E-state index in [-0.39, 0.29) is 4.90 Å². The van der Waals surface area contributed by atoms with E-state index in [0.717, 1.165) is 12.8 Å². The van der Waals surface area contributed by atoms with Crippen LogP contribution in [0.15, 0.2) is 29.2 Å². The van der Waals surface area contributed by atoms with Gasteiger partial charge in [0.15, 0.2) is 0 Å². The average molecular weight is 311 g/mol. The van der Waals surface area contributed by atoms with E-state index in [9.17, 15) is 13.5 Å². The Hall–Kier alpha value is -0.910. The third kappa shape index (κ3) is 3.65. The molecule has 118 valence electrons. The Morgan fingerprint density at radius 3 is 2.57 bits per heavy atom. The zero-order chi connectivity index (χ0) is 15.5. The molecule has 0 saturated heterocycles. The molecule has 1 aromatic carbocycles. The SMILES string of the molecule is CCC(O)c1cccc(S(=O)(=O)N(CC)CC2CCC2)c1. The molecule has 1 aliphatic carbocycles. The van der Waals surface area contributed by atoms with Gasteiger partial charge in [-0.15, -0.1) is 0 Å². The second kappa shape index (κ2) is 6.90. The van der Waals surface area contributed by atoms with Crippen molar-refractivity contribution >= 4 is 10.0 Å². The lowest BCUT2D eigenvalue weighted by molar-refractivity contribution is 0.173. The van der Waals surface area contributed by atoms with Gasteiger partial charge in [-0.25, -0.2) is 8.42 Å². The Bertz CT molecular complexity index is 567. The van der Waals surface area contributed by atoms with Crippen LogP contribution in [0.25, 0.3) is 0 Å². The van der Waals surface area contributed by atoms with Gasteiger partial charge in [-0.1, -0.05) is 32.4 Å². The van der Waals surface area contributed by atoms with E-state index in [4.69, 9.17) is 0 Å². The lowest BCUT2D eigenvalue weighted by Gasteiger charge is -2.31. The van der Waals surface area contributed by atoms with Crippen molar-refractivity contribution in [3.8, 4) is 0 Å². The second-order valence-corrected chi connectivity index (χ2v) is 7.69. The minimum absolute atomic E-state index is 0.286. The fourth-order valence-corrected chi connectivity index (χ4v) is 4.21. The molecule has 4 nitrogen and oxygen atoms in total. The molecule has 2 rings (SSSR count). The summed E-state index contributed by atoms with van der Waals surface area (Å²) in [6.07, 6.45) is 3.42. The van der Waals surface area contributed by atoms with Crippen LogP contribution in [0, 0.1) is 5.92 Å². The standard InChI is InChI=1S/C16H25NO3S/c1-3-16(18)14-9-6-10-15(11-14)21(19,20)17(4-2)12-13-7-5-8-13/h6,9-11,13,16,18H,3-5,7-8,12H2,1-2H3. The predicted molar refractivity (Wildman–Crippen MR) is 83.5 cm³/mol. The normalized spacial score (nSPS) is 17.7. The van der Waals surface area contributed by atoms with Gasteiger partial charge in [0.05, 0.1) is 11.0 Å². The van der Waals surface area contributed by atoms with Crippen LogP contribution in [-0.4, -0.2) is 30.9 Å². The van der Waals surface area contributed by atoms with Crippen LogP contribution >= 0.6 is 0 Å². The first-order valence-electron chi connectivity index (χ1n) is 7.77. The van der Waals surface area contributed by atoms with E-state index in [2.05, 4.69) is 0 Å². The van der Waals surface area contributed by atoms with Crippen molar-refractivity contribution in [2.24, 2.45) is 5.92 Å². The summed E-state index contributed by atoms with van der Waals surface area (Å²) in [6.45, 7) is 4.85. The summed E-state index contributed by atoms with van der Waals surface area (Å²) in [5, 5.41) is 9.90. The van der Waals surface area contributed by atoms with Crippen molar-refractivity contribution in [3.63, 3.8) is 0 Å². The molecule has 0 bridgehead atoms. The Morgan fingerprint density at radius 1 is 1.33 bits per heavy atom. The minimum Gasteiger partial charge on any atom is -0.388 e. The van der Waals surface area contributed by atoms with Crippen LogP contribution in [0.5, 0.6) is 0 Å². The highest BCUT2D eigenvalue weighted by atomic mass is 32.2. The van der Waals surface area contributed by atoms with Crippen LogP contribution in [0.4, 0.5) is 0 Å². The Labute approximate surface area is 127 Å². The van der Waals surface area contributed by atoms with Crippen molar-refractivity contribution in [1.82, 2.24) is 4.31 Å². The lowest BCUT2D eigenvalue weighted by Crippen LogP contribution is -2.37. The number of aliphatic hydroxyl groups is 1. The molecule has 0 radical (unpaired) electrons. The van der Waals surface area contributed by atoms with E-state index in [1.807, 2.05) is 13.8 Å². The van der Waals surface area contributed by atoms with Gasteiger partial charge in [-0.2, -0.15) is 4.31 Å². The van der Waals surface area contributed by atoms with Gasteiger partial charge >= 0.3 is 0 Å². The summed E-state index contributed by atoms with van der Waals surface area (Å²) < 4.78 is 27.1. The quantitative estimate of drug-likeness (QED) is 0.842. The smallest absolute Gasteiger partial charge is 0.243 e. The largest absolute Gasteiger partial charge is 0.388 e. The Kier molecular flexibility index (Phi) is 5.41. The van der Waals surface area contributed by atoms with E-state index in [1.165, 1.54) is 6.42 Å². The molecule has 0 amide bonds. The first kappa shape index (κ1) is 16.5. The summed E-state index contributed by atoms with van der Waals surface area (Å²) in [4.78, 5) is 0.286. The lowest BCUT2D eigenvalue weighted by atomic mass is 9.85. The summed E-state index contributed by atoms with van der Waals surface area (Å²) in [5.74, 6) is 0.504. The van der Waals surface area contributed by atoms with Gasteiger partial charge in [0.1, 0.15) is 0 Å². The first-order chi connectivity index (χ1) is 9.98. The number of sulfonamides is 1. The van der Waals surface area contributed by atoms with Crippen LogP contribution in [0.2, 0.25) is 0 Å². The van der Waals surface area contributed by atoms with Crippen LogP contribution in [-0.2, 0) is 10.0 Å². The van der Waals surface area contributed by atoms with Gasteiger partial charge in [-0.3, -0.25) is 0 Å². The molecule has 1 saturated carbocycles. The Morgan fingerprint density at radius 2 is 2.05 bits per heavy atom. The number of aliphatic hydroxyl groups excluding tert-OH is 1. The third-order valence-electron chi connectivity index (χ3n) is 4.31. The molecule has 0 spiro atoms. The minimum atomic E-state index is -3.46. The second-order valence-electron chi connectivity index (χ2n) is 5.75. The molecule has 1 aromatic rings. The monoisotopic (exact) mass is 311 g/mol. The summed E-state index contributed by atoms with van der Waals surface area (Å²) in [7, 11) is -3.46. The zero-order valence-electron chi connectivity index (χ0n) is 12.8. The maximum atomic E-state index is 12.7. The highest BCUT2D eigenvalue weighted by Gasteiger charge is 2.28. The molecule has 1 fully saturated rings. The van der Waals surface area contributed by atoms with Crippen LogP contribution < -0.4 is 0 Å². The van der Waals surface area contributed by atoms with E-state index < -0.39 is 16.1 Å². The number of hydrogen-bond donors (Lipinski definition) is 1. The topological polar surface area (TPSA) is 57.6 Å². The highest BCUT2D eigenvalue weighted by molar-refractivity contribution is 7.89. The molecule has 1 atom stereocenters. The first-order valence-corrected chi connectivity index (χ1v) is 9.21. The average Bonchev–Trinajstić information content (AvgIpc) is 2.45. The van der Waals surface area contributed by atoms with Crippen molar-refractivity contribution in [2.75, 3.05) is 13.1 Å². The maximum Gasteiger partial charge on any atom is 0.243 e. The molecule has 1 aliphatic rings. The molecule has 21 heavy (non-hydrogen) atoms. The van der Waals surface area contributed by atoms with Crippen molar-refractivity contribution in [3.05, 3.63) is 29.8 Å². The Balaban J connectivity index is 2.24. The molecule has 0 aromatic heterocycles. The highest BCUT2D eigenvalue weighted by Crippen LogP contribution is 2.29. The third-order valence-corrected chi connectivity index (χ3v) is 6.24. The summed E-state index contributed by atoms with van der Waals surface area (Å²) in [6, 6.07) is 6.70. The van der Waals surface area contributed by atoms with Crippen molar-refractivity contribution in [2.45, 2.75) is 50.5 Å². The maximum absolute atomic E-state index is 12.7. The molecule has 1 unspecified atom stereocenters. The van der Waals surface area contributed by atoms with E-state index >= 15 is 0 Å². The van der Waals surface area contributed by atoms with Gasteiger partial charge in [0.2, 0.25) is 10.0 Å². The molecular formula is C16H25NO3S. The van der Waals surface area contributed by atoms with Gasteiger partial charge in [0, 0.05) is 13.1 Å². The van der Waals surface area contributed by atoms with E-state index in [1.54, 1.807) is 28.6 Å². The predicted octanol–water partition coefficient (Wildman–Crippen LogP) is 2.94. The molecule has 5 heteroatoms. The van der Waals surface area contributed by atoms with Crippen molar-refractivity contribution in [1.29, 1.82) is 0 Å². The number of hydrogen-bond acceptors (Lipinski definition) is 3. The fourth-order valence-electron chi connectivity index (χ4n) is 2.63. The van der Waals surface area contributed by atoms with Gasteiger partial charge in [0.25, 0.3) is 0 Å². The number of benzene rings is 1. The number of nitrogens with zero attached hydrogens (tertiary/aromatic N) is 1. The fraction of sp³-hybridized carbons (Fsp3) is 0.625. The van der Waals surface area contributed by atoms with Crippen molar-refractivity contribution < 1.29 is 13.5 Å². The summed E-state index contributed by atoms with van der Waals surface area (Å²) in [5.41, 5.74) is 0.665. The molecule has 0 aliphatic heterocycles. The summed E-state index contributed by atoms with van der Waals surface area (Å²) >= 11 is 0. The number of rotatable bonds is 7. The van der Waals surface area contributed by atoms with Gasteiger partial charge in [-0.05, 0) is 42.9 Å². The molecular weight excluding hydrogens is 286 g/mol. The van der Waals surface area contributed by atoms with Gasteiger partial charge < -0.3 is 5.11 Å². The van der Waals surface area contributed by atoms with Crippen LogP contribution in [0.3, 0.4) is 0 Å². The van der Waals surface area contributed by atoms with Crippen LogP contribution in [0.1, 0.15) is 51.2 Å². The molecule has 0 heterocycles. The van der Waals surface area contributed by atoms with E-state index in [0.29, 0.717) is 31.0 Å². The molecule has 1 N–H and O–H groups in total.